The zero-order valence-corrected chi connectivity index (χ0v) is 11.7. The molecule has 2 rings (SSSR count). The van der Waals surface area contributed by atoms with E-state index in [-0.39, 0.29) is 0 Å². The molecule has 0 saturated heterocycles. The summed E-state index contributed by atoms with van der Waals surface area (Å²) < 4.78 is 6.93. The van der Waals surface area contributed by atoms with Crippen molar-refractivity contribution < 1.29 is 4.74 Å². The zero-order chi connectivity index (χ0) is 11.5. The summed E-state index contributed by atoms with van der Waals surface area (Å²) in [7, 11) is 0. The Hall–Kier alpha value is -0.800. The Morgan fingerprint density at radius 1 is 1.25 bits per heavy atom. The zero-order valence-electron chi connectivity index (χ0n) is 9.29. The number of aryl methyl sites for hydroxylation is 2. The molecule has 0 N–H and O–H groups in total. The van der Waals surface area contributed by atoms with E-state index in [1.54, 1.807) is 11.3 Å². The van der Waals surface area contributed by atoms with Crippen molar-refractivity contribution in [1.29, 1.82) is 0 Å². The minimum absolute atomic E-state index is 0.639. The first-order valence-corrected chi connectivity index (χ1v) is 6.75. The van der Waals surface area contributed by atoms with Crippen LogP contribution in [0.25, 0.3) is 0 Å². The van der Waals surface area contributed by atoms with Crippen molar-refractivity contribution in [3.05, 3.63) is 50.1 Å². The third kappa shape index (κ3) is 2.86. The van der Waals surface area contributed by atoms with Gasteiger partial charge >= 0.3 is 0 Å². The van der Waals surface area contributed by atoms with Crippen molar-refractivity contribution in [2.75, 3.05) is 0 Å². The van der Waals surface area contributed by atoms with E-state index in [0.717, 1.165) is 10.2 Å². The number of rotatable bonds is 3. The Bertz CT molecular complexity index is 490. The van der Waals surface area contributed by atoms with Gasteiger partial charge in [-0.1, -0.05) is 12.1 Å². The predicted molar refractivity (Wildman–Crippen MR) is 72.3 cm³/mol. The first-order chi connectivity index (χ1) is 7.65. The topological polar surface area (TPSA) is 9.23 Å². The maximum atomic E-state index is 5.81. The number of benzene rings is 1. The van der Waals surface area contributed by atoms with Crippen LogP contribution in [0.1, 0.15) is 16.0 Å². The smallest absolute Gasteiger partial charge is 0.123 e. The van der Waals surface area contributed by atoms with E-state index >= 15 is 0 Å². The minimum Gasteiger partial charge on any atom is -0.488 e. The standard InChI is InChI=1S/C13H13BrOS/c1-9-3-4-10(2)13(5-9)15-7-12-6-11(14)8-16-12/h3-6,8H,7H2,1-2H3. The monoisotopic (exact) mass is 296 g/mol. The molecule has 1 aromatic heterocycles. The molecule has 0 fully saturated rings. The van der Waals surface area contributed by atoms with Gasteiger partial charge in [0.1, 0.15) is 12.4 Å². The number of hydrogen-bond donors (Lipinski definition) is 0. The van der Waals surface area contributed by atoms with Gasteiger partial charge in [0.2, 0.25) is 0 Å². The van der Waals surface area contributed by atoms with Crippen LogP contribution in [0.15, 0.2) is 34.1 Å². The lowest BCUT2D eigenvalue weighted by atomic mass is 10.1. The van der Waals surface area contributed by atoms with Gasteiger partial charge in [0.15, 0.2) is 0 Å². The maximum Gasteiger partial charge on any atom is 0.123 e. The molecule has 0 amide bonds. The molecule has 1 heterocycles. The quantitative estimate of drug-likeness (QED) is 0.797. The average Bonchev–Trinajstić information content (AvgIpc) is 2.66. The van der Waals surface area contributed by atoms with Gasteiger partial charge in [0.25, 0.3) is 0 Å². The van der Waals surface area contributed by atoms with Crippen LogP contribution >= 0.6 is 27.3 Å². The largest absolute Gasteiger partial charge is 0.488 e. The van der Waals surface area contributed by atoms with Gasteiger partial charge in [-0.25, -0.2) is 0 Å². The molecule has 0 aliphatic carbocycles. The van der Waals surface area contributed by atoms with Crippen molar-refractivity contribution in [2.24, 2.45) is 0 Å². The highest BCUT2D eigenvalue weighted by Crippen LogP contribution is 2.24. The van der Waals surface area contributed by atoms with Gasteiger partial charge in [-0.3, -0.25) is 0 Å². The normalized spacial score (nSPS) is 10.4. The Morgan fingerprint density at radius 3 is 2.75 bits per heavy atom. The Balaban J connectivity index is 2.07. The molecule has 0 spiro atoms. The van der Waals surface area contributed by atoms with Crippen LogP contribution in [0.2, 0.25) is 0 Å². The second-order valence-electron chi connectivity index (χ2n) is 3.79. The van der Waals surface area contributed by atoms with Crippen molar-refractivity contribution in [1.82, 2.24) is 0 Å². The van der Waals surface area contributed by atoms with Gasteiger partial charge in [0.05, 0.1) is 0 Å². The van der Waals surface area contributed by atoms with Crippen molar-refractivity contribution >= 4 is 27.3 Å². The van der Waals surface area contributed by atoms with Crippen molar-refractivity contribution in [3.63, 3.8) is 0 Å². The van der Waals surface area contributed by atoms with Crippen molar-refractivity contribution in [3.8, 4) is 5.75 Å². The lowest BCUT2D eigenvalue weighted by Gasteiger charge is -2.08. The second kappa shape index (κ2) is 5.02. The number of halogens is 1. The fraction of sp³-hybridized carbons (Fsp3) is 0.231. The van der Waals surface area contributed by atoms with E-state index in [4.69, 9.17) is 4.74 Å². The molecule has 1 aromatic carbocycles. The summed E-state index contributed by atoms with van der Waals surface area (Å²) in [6.07, 6.45) is 0. The van der Waals surface area contributed by atoms with E-state index in [1.165, 1.54) is 16.0 Å². The Labute approximate surface area is 108 Å². The third-order valence-electron chi connectivity index (χ3n) is 2.34. The summed E-state index contributed by atoms with van der Waals surface area (Å²) in [6.45, 7) is 4.79. The molecule has 84 valence electrons. The minimum atomic E-state index is 0.639. The first kappa shape index (κ1) is 11.7. The van der Waals surface area contributed by atoms with Crippen LogP contribution in [0.3, 0.4) is 0 Å². The van der Waals surface area contributed by atoms with E-state index < -0.39 is 0 Å². The molecule has 16 heavy (non-hydrogen) atoms. The molecular formula is C13H13BrOS. The molecule has 0 aliphatic rings. The van der Waals surface area contributed by atoms with Crippen LogP contribution in [0, 0.1) is 13.8 Å². The van der Waals surface area contributed by atoms with Gasteiger partial charge in [-0.15, -0.1) is 11.3 Å². The molecule has 0 aliphatic heterocycles. The van der Waals surface area contributed by atoms with Gasteiger partial charge in [0, 0.05) is 14.7 Å². The molecule has 3 heteroatoms. The fourth-order valence-corrected chi connectivity index (χ4v) is 2.80. The van der Waals surface area contributed by atoms with E-state index in [1.807, 2.05) is 0 Å². The molecule has 0 radical (unpaired) electrons. The molecule has 0 unspecified atom stereocenters. The fourth-order valence-electron chi connectivity index (χ4n) is 1.44. The van der Waals surface area contributed by atoms with E-state index in [0.29, 0.717) is 6.61 Å². The predicted octanol–water partition coefficient (Wildman–Crippen LogP) is 4.71. The lowest BCUT2D eigenvalue weighted by Crippen LogP contribution is -1.95. The summed E-state index contributed by atoms with van der Waals surface area (Å²) in [6, 6.07) is 8.37. The number of ether oxygens (including phenoxy) is 1. The summed E-state index contributed by atoms with van der Waals surface area (Å²) in [5.74, 6) is 0.976. The Kier molecular flexibility index (Phi) is 3.66. The number of hydrogen-bond acceptors (Lipinski definition) is 2. The molecular weight excluding hydrogens is 284 g/mol. The summed E-state index contributed by atoms with van der Waals surface area (Å²) in [4.78, 5) is 1.23. The summed E-state index contributed by atoms with van der Waals surface area (Å²) in [5.41, 5.74) is 2.41. The molecule has 1 nitrogen and oxygen atoms in total. The molecule has 0 bridgehead atoms. The second-order valence-corrected chi connectivity index (χ2v) is 5.70. The van der Waals surface area contributed by atoms with Crippen LogP contribution in [0.4, 0.5) is 0 Å². The highest BCUT2D eigenvalue weighted by molar-refractivity contribution is 9.10. The van der Waals surface area contributed by atoms with Gasteiger partial charge < -0.3 is 4.74 Å². The highest BCUT2D eigenvalue weighted by Gasteiger charge is 2.02. The average molecular weight is 297 g/mol. The van der Waals surface area contributed by atoms with Gasteiger partial charge in [-0.05, 0) is 53.0 Å². The molecule has 0 saturated carbocycles. The van der Waals surface area contributed by atoms with E-state index in [2.05, 4.69) is 59.4 Å². The van der Waals surface area contributed by atoms with Gasteiger partial charge in [-0.2, -0.15) is 0 Å². The SMILES string of the molecule is Cc1ccc(C)c(OCc2cc(Br)cs2)c1. The van der Waals surface area contributed by atoms with E-state index in [9.17, 15) is 0 Å². The lowest BCUT2D eigenvalue weighted by molar-refractivity contribution is 0.307. The molecule has 0 atom stereocenters. The highest BCUT2D eigenvalue weighted by atomic mass is 79.9. The number of thiophene rings is 1. The summed E-state index contributed by atoms with van der Waals surface area (Å²) in [5, 5.41) is 2.07. The third-order valence-corrected chi connectivity index (χ3v) is 4.01. The van der Waals surface area contributed by atoms with Crippen molar-refractivity contribution in [2.45, 2.75) is 20.5 Å². The van der Waals surface area contributed by atoms with Crippen LogP contribution in [-0.4, -0.2) is 0 Å². The van der Waals surface area contributed by atoms with Crippen LogP contribution in [0.5, 0.6) is 5.75 Å². The Morgan fingerprint density at radius 2 is 2.06 bits per heavy atom. The molecule has 2 aromatic rings. The first-order valence-electron chi connectivity index (χ1n) is 5.08. The van der Waals surface area contributed by atoms with Crippen LogP contribution in [-0.2, 0) is 6.61 Å². The van der Waals surface area contributed by atoms with Crippen LogP contribution < -0.4 is 4.74 Å². The maximum absolute atomic E-state index is 5.81. The summed E-state index contributed by atoms with van der Waals surface area (Å²) >= 11 is 5.15.